The molecular formula is C17H28N2OS. The first-order valence-electron chi connectivity index (χ1n) is 7.77. The summed E-state index contributed by atoms with van der Waals surface area (Å²) in [4.78, 5) is 13.1. The van der Waals surface area contributed by atoms with Crippen LogP contribution < -0.4 is 10.6 Å². The molecule has 0 aromatic heterocycles. The molecule has 0 aliphatic rings. The van der Waals surface area contributed by atoms with E-state index in [0.29, 0.717) is 5.92 Å². The topological polar surface area (TPSA) is 41.1 Å². The van der Waals surface area contributed by atoms with Gasteiger partial charge in [-0.2, -0.15) is 0 Å². The summed E-state index contributed by atoms with van der Waals surface area (Å²) < 4.78 is 0. The van der Waals surface area contributed by atoms with Gasteiger partial charge in [0, 0.05) is 18.0 Å². The van der Waals surface area contributed by atoms with E-state index in [9.17, 15) is 4.79 Å². The molecule has 0 spiro atoms. The van der Waals surface area contributed by atoms with Gasteiger partial charge in [-0.25, -0.2) is 0 Å². The molecule has 2 N–H and O–H groups in total. The predicted molar refractivity (Wildman–Crippen MR) is 91.6 cm³/mol. The second-order valence-corrected chi connectivity index (χ2v) is 7.13. The minimum absolute atomic E-state index is 0.0622. The summed E-state index contributed by atoms with van der Waals surface area (Å²) in [7, 11) is 0. The second kappa shape index (κ2) is 9.85. The fraction of sp³-hybridized carbons (Fsp3) is 0.588. The number of amides is 1. The Hall–Kier alpha value is -1.00. The molecule has 0 saturated heterocycles. The molecule has 4 heteroatoms. The van der Waals surface area contributed by atoms with E-state index in [-0.39, 0.29) is 11.2 Å². The quantitative estimate of drug-likeness (QED) is 0.542. The molecule has 0 fully saturated rings. The molecule has 1 atom stereocenters. The number of benzene rings is 1. The predicted octanol–water partition coefficient (Wildman–Crippen LogP) is 3.44. The molecule has 0 heterocycles. The van der Waals surface area contributed by atoms with E-state index in [0.717, 1.165) is 31.0 Å². The van der Waals surface area contributed by atoms with Crippen LogP contribution in [-0.2, 0) is 11.3 Å². The molecule has 1 rings (SSSR count). The molecular weight excluding hydrogens is 280 g/mol. The third-order valence-corrected chi connectivity index (χ3v) is 4.16. The Morgan fingerprint density at radius 2 is 1.86 bits per heavy atom. The zero-order valence-corrected chi connectivity index (χ0v) is 14.4. The van der Waals surface area contributed by atoms with E-state index < -0.39 is 0 Å². The van der Waals surface area contributed by atoms with Gasteiger partial charge in [-0.15, -0.1) is 11.8 Å². The lowest BCUT2D eigenvalue weighted by Crippen LogP contribution is -2.33. The van der Waals surface area contributed by atoms with Crippen LogP contribution in [0.15, 0.2) is 29.2 Å². The zero-order valence-electron chi connectivity index (χ0n) is 13.6. The molecule has 1 aromatic rings. The SMILES string of the molecule is CCCNCc1ccc(SC(C)C(=O)NCC(C)C)cc1. The highest BCUT2D eigenvalue weighted by Crippen LogP contribution is 2.23. The molecule has 0 aliphatic heterocycles. The second-order valence-electron chi connectivity index (χ2n) is 5.72. The average molecular weight is 308 g/mol. The van der Waals surface area contributed by atoms with Crippen LogP contribution in [-0.4, -0.2) is 24.2 Å². The lowest BCUT2D eigenvalue weighted by Gasteiger charge is -2.13. The number of hydrogen-bond donors (Lipinski definition) is 2. The maximum absolute atomic E-state index is 12.0. The lowest BCUT2D eigenvalue weighted by atomic mass is 10.2. The fourth-order valence-corrected chi connectivity index (χ4v) is 2.69. The Bertz CT molecular complexity index is 417. The summed E-state index contributed by atoms with van der Waals surface area (Å²) in [6.07, 6.45) is 1.15. The van der Waals surface area contributed by atoms with E-state index >= 15 is 0 Å². The van der Waals surface area contributed by atoms with Gasteiger partial charge < -0.3 is 10.6 Å². The molecule has 3 nitrogen and oxygen atoms in total. The van der Waals surface area contributed by atoms with Crippen molar-refractivity contribution in [3.05, 3.63) is 29.8 Å². The first kappa shape index (κ1) is 18.1. The number of carbonyl (C=O) groups is 1. The van der Waals surface area contributed by atoms with E-state index in [1.807, 2.05) is 6.92 Å². The summed E-state index contributed by atoms with van der Waals surface area (Å²) in [6, 6.07) is 8.45. The maximum Gasteiger partial charge on any atom is 0.233 e. The number of rotatable bonds is 9. The van der Waals surface area contributed by atoms with Crippen molar-refractivity contribution in [3.8, 4) is 0 Å². The van der Waals surface area contributed by atoms with Gasteiger partial charge in [0.2, 0.25) is 5.91 Å². The number of thioether (sulfide) groups is 1. The van der Waals surface area contributed by atoms with Crippen LogP contribution in [0.5, 0.6) is 0 Å². The standard InChI is InChI=1S/C17H28N2OS/c1-5-10-18-12-15-6-8-16(9-7-15)21-14(4)17(20)19-11-13(2)3/h6-9,13-14,18H,5,10-12H2,1-4H3,(H,19,20). The Morgan fingerprint density at radius 1 is 1.19 bits per heavy atom. The van der Waals surface area contributed by atoms with Gasteiger partial charge in [-0.05, 0) is 43.5 Å². The average Bonchev–Trinajstić information content (AvgIpc) is 2.46. The van der Waals surface area contributed by atoms with Crippen molar-refractivity contribution in [2.24, 2.45) is 5.92 Å². The summed E-state index contributed by atoms with van der Waals surface area (Å²) >= 11 is 1.61. The maximum atomic E-state index is 12.0. The fourth-order valence-electron chi connectivity index (χ4n) is 1.80. The molecule has 0 saturated carbocycles. The van der Waals surface area contributed by atoms with Crippen LogP contribution >= 0.6 is 11.8 Å². The van der Waals surface area contributed by atoms with Crippen LogP contribution in [0.4, 0.5) is 0 Å². The summed E-state index contributed by atoms with van der Waals surface area (Å²) in [5.74, 6) is 0.600. The largest absolute Gasteiger partial charge is 0.355 e. The Balaban J connectivity index is 2.41. The third-order valence-electron chi connectivity index (χ3n) is 3.05. The van der Waals surface area contributed by atoms with Crippen molar-refractivity contribution in [1.82, 2.24) is 10.6 Å². The molecule has 0 aliphatic carbocycles. The third kappa shape index (κ3) is 7.53. The van der Waals surface area contributed by atoms with Gasteiger partial charge >= 0.3 is 0 Å². The van der Waals surface area contributed by atoms with Gasteiger partial charge in [0.05, 0.1) is 5.25 Å². The van der Waals surface area contributed by atoms with Crippen LogP contribution in [0.2, 0.25) is 0 Å². The van der Waals surface area contributed by atoms with Crippen LogP contribution in [0, 0.1) is 5.92 Å². The molecule has 21 heavy (non-hydrogen) atoms. The van der Waals surface area contributed by atoms with E-state index in [1.54, 1.807) is 11.8 Å². The van der Waals surface area contributed by atoms with Crippen molar-refractivity contribution in [2.75, 3.05) is 13.1 Å². The summed E-state index contributed by atoms with van der Waals surface area (Å²) in [5.41, 5.74) is 1.28. The number of hydrogen-bond acceptors (Lipinski definition) is 3. The Kier molecular flexibility index (Phi) is 8.47. The van der Waals surface area contributed by atoms with Crippen molar-refractivity contribution in [2.45, 2.75) is 50.8 Å². The number of nitrogens with one attached hydrogen (secondary N) is 2. The van der Waals surface area contributed by atoms with E-state index in [4.69, 9.17) is 0 Å². The highest BCUT2D eigenvalue weighted by atomic mass is 32.2. The molecule has 1 unspecified atom stereocenters. The Labute approximate surface area is 133 Å². The summed E-state index contributed by atoms with van der Waals surface area (Å²) in [6.45, 7) is 11.0. The molecule has 1 amide bonds. The van der Waals surface area contributed by atoms with E-state index in [2.05, 4.69) is 55.7 Å². The van der Waals surface area contributed by atoms with Crippen LogP contribution in [0.25, 0.3) is 0 Å². The van der Waals surface area contributed by atoms with Gasteiger partial charge in [0.15, 0.2) is 0 Å². The normalized spacial score (nSPS) is 12.4. The van der Waals surface area contributed by atoms with Crippen molar-refractivity contribution in [1.29, 1.82) is 0 Å². The minimum atomic E-state index is -0.0622. The smallest absolute Gasteiger partial charge is 0.233 e. The van der Waals surface area contributed by atoms with Gasteiger partial charge in [-0.3, -0.25) is 4.79 Å². The minimum Gasteiger partial charge on any atom is -0.355 e. The van der Waals surface area contributed by atoms with E-state index in [1.165, 1.54) is 5.56 Å². The zero-order chi connectivity index (χ0) is 15.7. The lowest BCUT2D eigenvalue weighted by molar-refractivity contribution is -0.120. The van der Waals surface area contributed by atoms with Crippen LogP contribution in [0.1, 0.15) is 39.7 Å². The first-order valence-corrected chi connectivity index (χ1v) is 8.65. The van der Waals surface area contributed by atoms with Crippen molar-refractivity contribution >= 4 is 17.7 Å². The van der Waals surface area contributed by atoms with Gasteiger partial charge in [0.1, 0.15) is 0 Å². The molecule has 1 aromatic carbocycles. The van der Waals surface area contributed by atoms with Gasteiger partial charge in [-0.1, -0.05) is 32.9 Å². The van der Waals surface area contributed by atoms with Crippen molar-refractivity contribution in [3.63, 3.8) is 0 Å². The van der Waals surface area contributed by atoms with Crippen LogP contribution in [0.3, 0.4) is 0 Å². The highest BCUT2D eigenvalue weighted by molar-refractivity contribution is 8.00. The molecule has 0 radical (unpaired) electrons. The van der Waals surface area contributed by atoms with Gasteiger partial charge in [0.25, 0.3) is 0 Å². The first-order chi connectivity index (χ1) is 10.0. The number of carbonyl (C=O) groups excluding carboxylic acids is 1. The summed E-state index contributed by atoms with van der Waals surface area (Å²) in [5, 5.41) is 6.30. The Morgan fingerprint density at radius 3 is 2.43 bits per heavy atom. The monoisotopic (exact) mass is 308 g/mol. The molecule has 0 bridgehead atoms. The van der Waals surface area contributed by atoms with Crippen molar-refractivity contribution < 1.29 is 4.79 Å². The molecule has 118 valence electrons. The highest BCUT2D eigenvalue weighted by Gasteiger charge is 2.14.